The summed E-state index contributed by atoms with van der Waals surface area (Å²) < 4.78 is 39.0. The summed E-state index contributed by atoms with van der Waals surface area (Å²) in [5, 5.41) is 0. The lowest BCUT2D eigenvalue weighted by molar-refractivity contribution is -0.162. The minimum atomic E-state index is -4.08. The number of halogens is 4. The highest BCUT2D eigenvalue weighted by atomic mass is 127. The van der Waals surface area contributed by atoms with Gasteiger partial charge in [-0.1, -0.05) is 20.8 Å². The van der Waals surface area contributed by atoms with Gasteiger partial charge in [0.1, 0.15) is 6.04 Å². The van der Waals surface area contributed by atoms with E-state index >= 15 is 0 Å². The maximum atomic E-state index is 12.5. The Morgan fingerprint density at radius 2 is 1.71 bits per heavy atom. The maximum absolute atomic E-state index is 12.5. The van der Waals surface area contributed by atoms with Gasteiger partial charge in [-0.3, -0.25) is 0 Å². The summed E-state index contributed by atoms with van der Waals surface area (Å²) >= 11 is 1.79. The van der Waals surface area contributed by atoms with Gasteiger partial charge in [-0.15, -0.1) is 0 Å². The molecule has 0 radical (unpaired) electrons. The van der Waals surface area contributed by atoms with E-state index < -0.39 is 12.2 Å². The highest BCUT2D eigenvalue weighted by Gasteiger charge is 2.50. The summed E-state index contributed by atoms with van der Waals surface area (Å²) in [5.74, 6) is 0.131. The zero-order valence-electron chi connectivity index (χ0n) is 8.53. The summed E-state index contributed by atoms with van der Waals surface area (Å²) in [7, 11) is 0. The van der Waals surface area contributed by atoms with Crippen LogP contribution in [0, 0.1) is 11.3 Å². The second kappa shape index (κ2) is 3.81. The molecule has 0 amide bonds. The molecule has 84 valence electrons. The molecule has 1 saturated heterocycles. The second-order valence-corrected chi connectivity index (χ2v) is 6.18. The third-order valence-corrected chi connectivity index (χ3v) is 3.91. The van der Waals surface area contributed by atoms with E-state index in [-0.39, 0.29) is 17.8 Å². The van der Waals surface area contributed by atoms with Crippen molar-refractivity contribution >= 4 is 22.9 Å². The molecule has 2 atom stereocenters. The second-order valence-electron chi connectivity index (χ2n) is 4.94. The van der Waals surface area contributed by atoms with Crippen molar-refractivity contribution in [1.29, 1.82) is 0 Å². The van der Waals surface area contributed by atoms with Crippen molar-refractivity contribution in [2.24, 2.45) is 11.3 Å². The molecule has 1 nitrogen and oxygen atoms in total. The molecule has 1 rings (SSSR count). The Morgan fingerprint density at radius 3 is 1.93 bits per heavy atom. The fourth-order valence-electron chi connectivity index (χ4n) is 1.72. The Bertz CT molecular complexity index is 209. The minimum Gasteiger partial charge on any atom is -0.235 e. The summed E-state index contributed by atoms with van der Waals surface area (Å²) in [4.78, 5) is 0. The van der Waals surface area contributed by atoms with Gasteiger partial charge in [0, 0.05) is 29.4 Å². The van der Waals surface area contributed by atoms with Gasteiger partial charge in [0.15, 0.2) is 0 Å². The molecule has 0 aliphatic carbocycles. The lowest BCUT2D eigenvalue weighted by Crippen LogP contribution is -2.35. The summed E-state index contributed by atoms with van der Waals surface area (Å²) in [6, 6.07) is -1.26. The first-order chi connectivity index (χ1) is 6.12. The van der Waals surface area contributed by atoms with Gasteiger partial charge in [-0.25, -0.2) is 3.11 Å². The third-order valence-electron chi connectivity index (χ3n) is 2.84. The van der Waals surface area contributed by atoms with Gasteiger partial charge < -0.3 is 0 Å². The predicted molar refractivity (Wildman–Crippen MR) is 58.1 cm³/mol. The molecule has 2 unspecified atom stereocenters. The van der Waals surface area contributed by atoms with E-state index in [0.717, 1.165) is 0 Å². The number of hydrogen-bond donors (Lipinski definition) is 0. The lowest BCUT2D eigenvalue weighted by atomic mass is 9.79. The highest BCUT2D eigenvalue weighted by Crippen LogP contribution is 2.43. The molecule has 0 N–H and O–H groups in total. The SMILES string of the molecule is CC(C)(C)C1CC(C(F)(F)F)N(I)C1. The van der Waals surface area contributed by atoms with Crippen LogP contribution in [0.2, 0.25) is 0 Å². The summed E-state index contributed by atoms with van der Waals surface area (Å²) in [6.07, 6.45) is -3.85. The third kappa shape index (κ3) is 2.74. The minimum absolute atomic E-state index is 0.0383. The van der Waals surface area contributed by atoms with Crippen molar-refractivity contribution in [3.8, 4) is 0 Å². The van der Waals surface area contributed by atoms with Crippen LogP contribution in [0.3, 0.4) is 0 Å². The highest BCUT2D eigenvalue weighted by molar-refractivity contribution is 14.1. The van der Waals surface area contributed by atoms with Crippen LogP contribution in [0.1, 0.15) is 27.2 Å². The van der Waals surface area contributed by atoms with E-state index in [1.807, 2.05) is 20.8 Å². The number of alkyl halides is 3. The van der Waals surface area contributed by atoms with E-state index in [2.05, 4.69) is 0 Å². The van der Waals surface area contributed by atoms with Gasteiger partial charge in [0.25, 0.3) is 0 Å². The van der Waals surface area contributed by atoms with Gasteiger partial charge in [-0.2, -0.15) is 13.2 Å². The molecule has 14 heavy (non-hydrogen) atoms. The van der Waals surface area contributed by atoms with Crippen molar-refractivity contribution in [2.45, 2.75) is 39.4 Å². The zero-order chi connectivity index (χ0) is 11.1. The first-order valence-corrected chi connectivity index (χ1v) is 5.58. The van der Waals surface area contributed by atoms with Crippen LogP contribution in [0.25, 0.3) is 0 Å². The molecule has 1 aliphatic rings. The van der Waals surface area contributed by atoms with Crippen LogP contribution in [-0.4, -0.2) is 21.9 Å². The van der Waals surface area contributed by atoms with Crippen molar-refractivity contribution in [1.82, 2.24) is 3.11 Å². The Kier molecular flexibility index (Phi) is 3.41. The molecular formula is C9H15F3IN. The average Bonchev–Trinajstić information content (AvgIpc) is 2.27. The van der Waals surface area contributed by atoms with Gasteiger partial charge >= 0.3 is 6.18 Å². The largest absolute Gasteiger partial charge is 0.404 e. The van der Waals surface area contributed by atoms with Crippen molar-refractivity contribution < 1.29 is 13.2 Å². The van der Waals surface area contributed by atoms with Crippen molar-refractivity contribution in [3.05, 3.63) is 0 Å². The van der Waals surface area contributed by atoms with Gasteiger partial charge in [0.05, 0.1) is 0 Å². The monoisotopic (exact) mass is 321 g/mol. The normalized spacial score (nSPS) is 31.1. The van der Waals surface area contributed by atoms with Crippen LogP contribution < -0.4 is 0 Å². The lowest BCUT2D eigenvalue weighted by Gasteiger charge is -2.26. The fourth-order valence-corrected chi connectivity index (χ4v) is 2.73. The van der Waals surface area contributed by atoms with Gasteiger partial charge in [-0.05, 0) is 17.8 Å². The molecule has 0 aromatic heterocycles. The predicted octanol–water partition coefficient (Wildman–Crippen LogP) is 3.64. The van der Waals surface area contributed by atoms with E-state index in [9.17, 15) is 13.2 Å². The number of hydrogen-bond acceptors (Lipinski definition) is 1. The molecule has 1 aliphatic heterocycles. The number of rotatable bonds is 0. The molecule has 1 fully saturated rings. The van der Waals surface area contributed by atoms with Crippen LogP contribution >= 0.6 is 22.9 Å². The molecule has 0 bridgehead atoms. The Balaban J connectivity index is 2.70. The van der Waals surface area contributed by atoms with Crippen LogP contribution in [0.15, 0.2) is 0 Å². The van der Waals surface area contributed by atoms with Crippen LogP contribution in [0.5, 0.6) is 0 Å². The molecule has 5 heteroatoms. The summed E-state index contributed by atoms with van der Waals surface area (Å²) in [6.45, 7) is 6.54. The quantitative estimate of drug-likeness (QED) is 0.486. The van der Waals surface area contributed by atoms with E-state index in [0.29, 0.717) is 6.54 Å². The van der Waals surface area contributed by atoms with Crippen molar-refractivity contribution in [3.63, 3.8) is 0 Å². The molecule has 0 aromatic rings. The molecule has 0 spiro atoms. The van der Waals surface area contributed by atoms with Crippen molar-refractivity contribution in [2.75, 3.05) is 6.54 Å². The molecule has 1 heterocycles. The average molecular weight is 321 g/mol. The van der Waals surface area contributed by atoms with Crippen LogP contribution in [-0.2, 0) is 0 Å². The summed E-state index contributed by atoms with van der Waals surface area (Å²) in [5.41, 5.74) is -0.0383. The van der Waals surface area contributed by atoms with E-state index in [1.165, 1.54) is 3.11 Å². The first-order valence-electron chi connectivity index (χ1n) is 4.61. The van der Waals surface area contributed by atoms with Gasteiger partial charge in [0.2, 0.25) is 0 Å². The fraction of sp³-hybridized carbons (Fsp3) is 1.00. The Hall–Kier alpha value is 0.480. The Morgan fingerprint density at radius 1 is 1.21 bits per heavy atom. The standard InChI is InChI=1S/C9H15F3IN/c1-8(2,3)6-4-7(9(10,11)12)14(13)5-6/h6-7H,4-5H2,1-3H3. The van der Waals surface area contributed by atoms with E-state index in [1.54, 1.807) is 22.9 Å². The van der Waals surface area contributed by atoms with E-state index in [4.69, 9.17) is 0 Å². The first kappa shape index (κ1) is 12.5. The van der Waals surface area contributed by atoms with Crippen LogP contribution in [0.4, 0.5) is 13.2 Å². The number of nitrogens with zero attached hydrogens (tertiary/aromatic N) is 1. The molecule has 0 saturated carbocycles. The smallest absolute Gasteiger partial charge is 0.235 e. The zero-order valence-corrected chi connectivity index (χ0v) is 10.7. The topological polar surface area (TPSA) is 3.24 Å². The Labute approximate surface area is 96.5 Å². The molecule has 0 aromatic carbocycles. The maximum Gasteiger partial charge on any atom is 0.404 e. The molecular weight excluding hydrogens is 306 g/mol.